The van der Waals surface area contributed by atoms with Crippen LogP contribution in [0.4, 0.5) is 5.13 Å². The van der Waals surface area contributed by atoms with Crippen LogP contribution in [0.2, 0.25) is 5.02 Å². The minimum atomic E-state index is -0.295. The van der Waals surface area contributed by atoms with Gasteiger partial charge in [0.1, 0.15) is 17.0 Å². The minimum Gasteiger partial charge on any atom is -0.360 e. The number of thiazole rings is 1. The van der Waals surface area contributed by atoms with Crippen molar-refractivity contribution in [2.75, 3.05) is 5.32 Å². The number of aryl methyl sites for hydroxylation is 1. The number of carbonyl (C=O) groups excluding carboxylic acids is 1. The summed E-state index contributed by atoms with van der Waals surface area (Å²) in [6, 6.07) is 17.2. The van der Waals surface area contributed by atoms with E-state index in [1.165, 1.54) is 11.3 Å². The van der Waals surface area contributed by atoms with Gasteiger partial charge in [0.25, 0.3) is 5.91 Å². The van der Waals surface area contributed by atoms with Crippen molar-refractivity contribution in [1.82, 2.24) is 10.1 Å². The quantitative estimate of drug-likeness (QED) is 0.465. The number of nitrogens with one attached hydrogen (secondary N) is 1. The second-order valence-electron chi connectivity index (χ2n) is 6.18. The van der Waals surface area contributed by atoms with E-state index in [4.69, 9.17) is 16.1 Å². The van der Waals surface area contributed by atoms with Gasteiger partial charge in [-0.3, -0.25) is 10.1 Å². The van der Waals surface area contributed by atoms with E-state index in [0.29, 0.717) is 33.6 Å². The van der Waals surface area contributed by atoms with Crippen molar-refractivity contribution < 1.29 is 9.32 Å². The second-order valence-corrected chi connectivity index (χ2v) is 7.70. The lowest BCUT2D eigenvalue weighted by atomic mass is 10.1. The third-order valence-electron chi connectivity index (χ3n) is 4.23. The third kappa shape index (κ3) is 3.83. The van der Waals surface area contributed by atoms with Gasteiger partial charge in [0.15, 0.2) is 5.13 Å². The first-order valence-electron chi connectivity index (χ1n) is 8.63. The monoisotopic (exact) mass is 409 g/mol. The maximum atomic E-state index is 12.8. The molecule has 0 saturated heterocycles. The average molecular weight is 410 g/mol. The average Bonchev–Trinajstić information content (AvgIpc) is 3.30. The second kappa shape index (κ2) is 7.96. The molecule has 2 heterocycles. The predicted octanol–water partition coefficient (Wildman–Crippen LogP) is 5.60. The molecule has 2 aromatic heterocycles. The first-order valence-corrected chi connectivity index (χ1v) is 9.82. The lowest BCUT2D eigenvalue weighted by Gasteiger charge is -2.03. The van der Waals surface area contributed by atoms with Crippen LogP contribution in [0, 0.1) is 6.92 Å². The highest BCUT2D eigenvalue weighted by Crippen LogP contribution is 2.28. The Bertz CT molecular complexity index is 1120. The number of benzene rings is 2. The molecule has 0 saturated carbocycles. The Labute approximate surface area is 171 Å². The number of hydrogen-bond acceptors (Lipinski definition) is 5. The van der Waals surface area contributed by atoms with Crippen LogP contribution in [0.25, 0.3) is 11.3 Å². The Hall–Kier alpha value is -2.96. The first-order chi connectivity index (χ1) is 13.6. The summed E-state index contributed by atoms with van der Waals surface area (Å²) < 4.78 is 5.26. The van der Waals surface area contributed by atoms with Crippen molar-refractivity contribution in [2.24, 2.45) is 0 Å². The molecule has 28 heavy (non-hydrogen) atoms. The maximum absolute atomic E-state index is 12.8. The van der Waals surface area contributed by atoms with Gasteiger partial charge in [-0.15, -0.1) is 11.3 Å². The molecule has 5 nitrogen and oxygen atoms in total. The molecular formula is C21H16ClN3O2S. The highest BCUT2D eigenvalue weighted by molar-refractivity contribution is 7.15. The number of aromatic nitrogens is 2. The molecule has 0 atom stereocenters. The Balaban J connectivity index is 1.53. The van der Waals surface area contributed by atoms with Crippen molar-refractivity contribution in [3.63, 3.8) is 0 Å². The highest BCUT2D eigenvalue weighted by Gasteiger charge is 2.22. The topological polar surface area (TPSA) is 68.0 Å². The van der Waals surface area contributed by atoms with Gasteiger partial charge in [0.2, 0.25) is 0 Å². The summed E-state index contributed by atoms with van der Waals surface area (Å²) in [7, 11) is 0. The van der Waals surface area contributed by atoms with Crippen LogP contribution >= 0.6 is 22.9 Å². The lowest BCUT2D eigenvalue weighted by molar-refractivity contribution is 0.102. The Morgan fingerprint density at radius 3 is 2.68 bits per heavy atom. The summed E-state index contributed by atoms with van der Waals surface area (Å²) in [4.78, 5) is 18.2. The summed E-state index contributed by atoms with van der Waals surface area (Å²) >= 11 is 7.64. The zero-order valence-electron chi connectivity index (χ0n) is 15.0. The molecule has 0 bridgehead atoms. The fraction of sp³-hybridized carbons (Fsp3) is 0.0952. The SMILES string of the molecule is Cc1onc(-c2ccccc2)c1C(=O)Nc1ncc(Cc2ccccc2Cl)s1. The molecule has 1 amide bonds. The molecular weight excluding hydrogens is 394 g/mol. The van der Waals surface area contributed by atoms with E-state index in [2.05, 4.69) is 15.5 Å². The van der Waals surface area contributed by atoms with Crippen LogP contribution in [0.3, 0.4) is 0 Å². The number of rotatable bonds is 5. The van der Waals surface area contributed by atoms with Gasteiger partial charge in [-0.25, -0.2) is 4.98 Å². The van der Waals surface area contributed by atoms with E-state index >= 15 is 0 Å². The molecule has 0 spiro atoms. The van der Waals surface area contributed by atoms with Crippen LogP contribution in [0.1, 0.15) is 26.6 Å². The van der Waals surface area contributed by atoms with Crippen molar-refractivity contribution in [1.29, 1.82) is 0 Å². The molecule has 4 rings (SSSR count). The molecule has 7 heteroatoms. The summed E-state index contributed by atoms with van der Waals surface area (Å²) in [5, 5.41) is 8.14. The zero-order valence-corrected chi connectivity index (χ0v) is 16.6. The Kier molecular flexibility index (Phi) is 5.23. The van der Waals surface area contributed by atoms with Crippen LogP contribution in [-0.2, 0) is 6.42 Å². The fourth-order valence-electron chi connectivity index (χ4n) is 2.87. The van der Waals surface area contributed by atoms with Gasteiger partial charge in [-0.05, 0) is 18.6 Å². The molecule has 1 N–H and O–H groups in total. The fourth-order valence-corrected chi connectivity index (χ4v) is 3.90. The number of hydrogen-bond donors (Lipinski definition) is 1. The number of carbonyl (C=O) groups is 1. The van der Waals surface area contributed by atoms with Crippen LogP contribution in [0.15, 0.2) is 65.3 Å². The van der Waals surface area contributed by atoms with Crippen molar-refractivity contribution in [3.05, 3.63) is 87.6 Å². The van der Waals surface area contributed by atoms with Gasteiger partial charge in [0.05, 0.1) is 0 Å². The van der Waals surface area contributed by atoms with Gasteiger partial charge >= 0.3 is 0 Å². The van der Waals surface area contributed by atoms with Crippen molar-refractivity contribution in [3.8, 4) is 11.3 Å². The van der Waals surface area contributed by atoms with E-state index in [0.717, 1.165) is 16.0 Å². The molecule has 0 fully saturated rings. The summed E-state index contributed by atoms with van der Waals surface area (Å²) in [5.74, 6) is 0.167. The molecule has 0 aliphatic heterocycles. The number of amides is 1. The molecule has 4 aromatic rings. The van der Waals surface area contributed by atoms with Gasteiger partial charge < -0.3 is 4.52 Å². The number of halogens is 1. The Morgan fingerprint density at radius 1 is 1.14 bits per heavy atom. The minimum absolute atomic E-state index is 0.295. The predicted molar refractivity (Wildman–Crippen MR) is 111 cm³/mol. The number of nitrogens with zero attached hydrogens (tertiary/aromatic N) is 2. The molecule has 140 valence electrons. The van der Waals surface area contributed by atoms with Gasteiger partial charge in [-0.1, -0.05) is 65.3 Å². The maximum Gasteiger partial charge on any atom is 0.263 e. The molecule has 2 aromatic carbocycles. The standard InChI is InChI=1S/C21H16ClN3O2S/c1-13-18(19(25-27-13)14-7-3-2-4-8-14)20(26)24-21-23-12-16(28-21)11-15-9-5-6-10-17(15)22/h2-10,12H,11H2,1H3,(H,23,24,26). The highest BCUT2D eigenvalue weighted by atomic mass is 35.5. The smallest absolute Gasteiger partial charge is 0.263 e. The van der Waals surface area contributed by atoms with Gasteiger partial charge in [0, 0.05) is 28.1 Å². The molecule has 0 unspecified atom stereocenters. The number of anilines is 1. The summed E-state index contributed by atoms with van der Waals surface area (Å²) in [5.41, 5.74) is 2.77. The summed E-state index contributed by atoms with van der Waals surface area (Å²) in [6.45, 7) is 1.72. The van der Waals surface area contributed by atoms with E-state index in [1.54, 1.807) is 13.1 Å². The van der Waals surface area contributed by atoms with E-state index in [-0.39, 0.29) is 5.91 Å². The van der Waals surface area contributed by atoms with Crippen LogP contribution in [0.5, 0.6) is 0 Å². The van der Waals surface area contributed by atoms with Crippen molar-refractivity contribution >= 4 is 34.0 Å². The molecule has 0 aliphatic rings. The molecule has 0 radical (unpaired) electrons. The zero-order chi connectivity index (χ0) is 19.5. The largest absolute Gasteiger partial charge is 0.360 e. The lowest BCUT2D eigenvalue weighted by Crippen LogP contribution is -2.13. The normalized spacial score (nSPS) is 10.8. The van der Waals surface area contributed by atoms with E-state index in [9.17, 15) is 4.79 Å². The van der Waals surface area contributed by atoms with E-state index in [1.807, 2.05) is 54.6 Å². The summed E-state index contributed by atoms with van der Waals surface area (Å²) in [6.07, 6.45) is 2.41. The van der Waals surface area contributed by atoms with Gasteiger partial charge in [-0.2, -0.15) is 0 Å². The molecule has 0 aliphatic carbocycles. The van der Waals surface area contributed by atoms with E-state index < -0.39 is 0 Å². The third-order valence-corrected chi connectivity index (χ3v) is 5.52. The van der Waals surface area contributed by atoms with Crippen molar-refractivity contribution in [2.45, 2.75) is 13.3 Å². The Morgan fingerprint density at radius 2 is 1.89 bits per heavy atom. The van der Waals surface area contributed by atoms with Crippen LogP contribution < -0.4 is 5.32 Å². The first kappa shape index (κ1) is 18.4. The van der Waals surface area contributed by atoms with Crippen LogP contribution in [-0.4, -0.2) is 16.0 Å².